The first kappa shape index (κ1) is 100. The summed E-state index contributed by atoms with van der Waals surface area (Å²) in [6, 6.07) is 0. The van der Waals surface area contributed by atoms with Gasteiger partial charge in [-0.1, -0.05) is 275 Å². The second kappa shape index (κ2) is 77.6. The zero-order chi connectivity index (χ0) is 77.4. The highest BCUT2D eigenvalue weighted by Gasteiger charge is 2.30. The molecule has 0 aliphatic rings. The lowest BCUT2D eigenvalue weighted by atomic mass is 10.1. The molecule has 19 heteroatoms. The largest absolute Gasteiger partial charge is 0.472 e. The zero-order valence-electron chi connectivity index (χ0n) is 65.8. The van der Waals surface area contributed by atoms with E-state index in [-0.39, 0.29) is 25.7 Å². The van der Waals surface area contributed by atoms with E-state index in [1.54, 1.807) is 0 Å². The molecule has 3 N–H and O–H groups in total. The van der Waals surface area contributed by atoms with Crippen LogP contribution in [0.2, 0.25) is 0 Å². The zero-order valence-corrected chi connectivity index (χ0v) is 67.6. The monoisotopic (exact) mass is 1520 g/mol. The number of hydrogen-bond acceptors (Lipinski definition) is 15. The average molecular weight is 1520 g/mol. The van der Waals surface area contributed by atoms with Crippen molar-refractivity contribution in [3.63, 3.8) is 0 Å². The molecule has 0 aromatic rings. The molecule has 0 heterocycles. The van der Waals surface area contributed by atoms with Gasteiger partial charge in [-0.05, 0) is 167 Å². The van der Waals surface area contributed by atoms with E-state index in [0.717, 1.165) is 186 Å². The van der Waals surface area contributed by atoms with E-state index in [9.17, 15) is 43.2 Å². The third-order valence-electron chi connectivity index (χ3n) is 16.2. The topological polar surface area (TPSA) is 237 Å². The normalized spacial score (nSPS) is 14.7. The first-order chi connectivity index (χ1) is 51.7. The van der Waals surface area contributed by atoms with Gasteiger partial charge in [-0.25, -0.2) is 9.13 Å². The van der Waals surface area contributed by atoms with Crippen molar-refractivity contribution in [2.24, 2.45) is 0 Å². The lowest BCUT2D eigenvalue weighted by Crippen LogP contribution is -2.30. The minimum Gasteiger partial charge on any atom is -0.462 e. The molecule has 602 valence electrons. The quantitative estimate of drug-likeness (QED) is 0.0169. The molecule has 0 aliphatic heterocycles. The summed E-state index contributed by atoms with van der Waals surface area (Å²) < 4.78 is 68.6. The van der Waals surface area contributed by atoms with Gasteiger partial charge in [-0.3, -0.25) is 37.3 Å². The standard InChI is InChI=1S/C87H142O17P2/c1-5-9-13-17-21-25-29-33-36-39-40-43-45-49-52-56-60-64-68-72-85(90)98-78-83(104-87(92)74-70-66-62-58-54-50-46-42-38-35-31-27-23-19-15-11-7-3)80-102-106(95,96)100-76-81(88)75-99-105(93,94)101-79-82(103-86(91)73-69-65-61-57-53-47-32-28-24-20-16-12-8-4)77-97-84(89)71-67-63-59-55-51-48-44-41-37-34-30-26-22-18-14-10-6-2/h9-11,13-15,21-23,25-28,32-38,40,43-44,48-49,52,55,59,81-83,88H,5-8,12,16-20,24,29-31,39,41-42,45-47,50-51,53-54,56-58,60-80H2,1-4H3,(H,93,94)(H,95,96)/b13-9-,14-10-,15-11-,25-21-,26-22-,27-23-,32-28-,36-33-,37-34-,38-35-,43-40-,48-44-,52-49-,59-55-. The average Bonchev–Trinajstić information content (AvgIpc) is 0.907. The smallest absolute Gasteiger partial charge is 0.462 e. The van der Waals surface area contributed by atoms with Crippen molar-refractivity contribution in [3.05, 3.63) is 170 Å². The van der Waals surface area contributed by atoms with Gasteiger partial charge >= 0.3 is 39.5 Å². The summed E-state index contributed by atoms with van der Waals surface area (Å²) in [5.74, 6) is -2.31. The Morgan fingerprint density at radius 1 is 0.274 bits per heavy atom. The molecule has 0 rings (SSSR count). The van der Waals surface area contributed by atoms with E-state index in [1.807, 2.05) is 12.2 Å². The van der Waals surface area contributed by atoms with Crippen LogP contribution < -0.4 is 0 Å². The highest BCUT2D eigenvalue weighted by Crippen LogP contribution is 2.45. The Bertz CT molecular complexity index is 2680. The maximum absolute atomic E-state index is 13.1. The summed E-state index contributed by atoms with van der Waals surface area (Å²) in [4.78, 5) is 73.1. The van der Waals surface area contributed by atoms with Crippen LogP contribution in [0, 0.1) is 0 Å². The lowest BCUT2D eigenvalue weighted by molar-refractivity contribution is -0.161. The molecule has 17 nitrogen and oxygen atoms in total. The Hall–Kier alpha value is -5.58. The fourth-order valence-electron chi connectivity index (χ4n) is 10.1. The van der Waals surface area contributed by atoms with Gasteiger partial charge in [0.05, 0.1) is 26.4 Å². The van der Waals surface area contributed by atoms with Crippen molar-refractivity contribution in [3.8, 4) is 0 Å². The van der Waals surface area contributed by atoms with Gasteiger partial charge in [0.15, 0.2) is 12.2 Å². The Labute approximate surface area is 642 Å². The van der Waals surface area contributed by atoms with Crippen LogP contribution in [0.15, 0.2) is 170 Å². The van der Waals surface area contributed by atoms with Crippen molar-refractivity contribution in [2.45, 2.75) is 316 Å². The van der Waals surface area contributed by atoms with Crippen molar-refractivity contribution in [1.29, 1.82) is 0 Å². The number of hydrogen-bond donors (Lipinski definition) is 3. The molecule has 0 amide bonds. The highest BCUT2D eigenvalue weighted by atomic mass is 31.2. The fraction of sp³-hybridized carbons (Fsp3) is 0.632. The van der Waals surface area contributed by atoms with E-state index in [4.69, 9.17) is 37.0 Å². The molecule has 0 radical (unpaired) electrons. The van der Waals surface area contributed by atoms with Crippen molar-refractivity contribution >= 4 is 39.5 Å². The number of allylic oxidation sites excluding steroid dienone is 28. The van der Waals surface area contributed by atoms with E-state index >= 15 is 0 Å². The van der Waals surface area contributed by atoms with Gasteiger partial charge in [0.2, 0.25) is 0 Å². The molecule has 0 spiro atoms. The second-order valence-electron chi connectivity index (χ2n) is 26.2. The summed E-state index contributed by atoms with van der Waals surface area (Å²) in [6.07, 6.45) is 91.9. The minimum atomic E-state index is -5.00. The Morgan fingerprint density at radius 2 is 0.500 bits per heavy atom. The van der Waals surface area contributed by atoms with Crippen LogP contribution in [0.4, 0.5) is 0 Å². The SMILES string of the molecule is CC/C=C\C/C=C\C/C=C\C/C=C\C/C=C\CCCCCC(=O)OCC(COP(=O)(O)OCC(O)COP(=O)(O)OCC(COC(=O)CCC/C=C\C/C=C\C/C=C\C/C=C\C/C=C\CC)OC(=O)CCCCCCC/C=C\CCCCCC)OC(=O)CCCCCCCCC/C=C\C/C=C\C/C=C\CC. The Kier molecular flexibility index (Phi) is 73.5. The van der Waals surface area contributed by atoms with Gasteiger partial charge in [0.1, 0.15) is 19.3 Å². The third-order valence-corrected chi connectivity index (χ3v) is 18.1. The fourth-order valence-corrected chi connectivity index (χ4v) is 11.7. The molecular weight excluding hydrogens is 1380 g/mol. The predicted octanol–water partition coefficient (Wildman–Crippen LogP) is 23.8. The van der Waals surface area contributed by atoms with Crippen molar-refractivity contribution in [2.75, 3.05) is 39.6 Å². The Balaban J connectivity index is 5.46. The highest BCUT2D eigenvalue weighted by molar-refractivity contribution is 7.47. The molecule has 0 saturated heterocycles. The number of ether oxygens (including phenoxy) is 4. The molecule has 5 unspecified atom stereocenters. The predicted molar refractivity (Wildman–Crippen MR) is 436 cm³/mol. The minimum absolute atomic E-state index is 0.0668. The van der Waals surface area contributed by atoms with Gasteiger partial charge in [-0.15, -0.1) is 0 Å². The van der Waals surface area contributed by atoms with E-state index in [0.29, 0.717) is 32.1 Å². The molecular formula is C87H142O17P2. The first-order valence-corrected chi connectivity index (χ1v) is 43.4. The van der Waals surface area contributed by atoms with Crippen LogP contribution in [0.3, 0.4) is 0 Å². The first-order valence-electron chi connectivity index (χ1n) is 40.4. The molecule has 0 aliphatic carbocycles. The van der Waals surface area contributed by atoms with E-state index < -0.39 is 97.5 Å². The van der Waals surface area contributed by atoms with Crippen LogP contribution in [-0.2, 0) is 65.4 Å². The number of unbranched alkanes of at least 4 members (excludes halogenated alkanes) is 20. The number of carbonyl (C=O) groups excluding carboxylic acids is 4. The molecule has 0 saturated carbocycles. The molecule has 0 bridgehead atoms. The third kappa shape index (κ3) is 76.6. The van der Waals surface area contributed by atoms with Crippen molar-refractivity contribution in [1.82, 2.24) is 0 Å². The number of rotatable bonds is 74. The molecule has 106 heavy (non-hydrogen) atoms. The second-order valence-corrected chi connectivity index (χ2v) is 29.1. The number of phosphoric ester groups is 2. The number of aliphatic hydroxyl groups is 1. The number of esters is 4. The van der Waals surface area contributed by atoms with Crippen LogP contribution >= 0.6 is 15.6 Å². The van der Waals surface area contributed by atoms with E-state index in [1.165, 1.54) is 25.7 Å². The van der Waals surface area contributed by atoms with Gasteiger partial charge in [-0.2, -0.15) is 0 Å². The van der Waals surface area contributed by atoms with Crippen LogP contribution in [0.1, 0.15) is 297 Å². The van der Waals surface area contributed by atoms with Crippen LogP contribution in [0.5, 0.6) is 0 Å². The van der Waals surface area contributed by atoms with Crippen LogP contribution in [0.25, 0.3) is 0 Å². The Morgan fingerprint density at radius 3 is 0.811 bits per heavy atom. The molecule has 5 atom stereocenters. The summed E-state index contributed by atoms with van der Waals surface area (Å²) >= 11 is 0. The maximum atomic E-state index is 13.1. The molecule has 0 aromatic carbocycles. The van der Waals surface area contributed by atoms with Crippen LogP contribution in [-0.4, -0.2) is 96.7 Å². The summed E-state index contributed by atoms with van der Waals surface area (Å²) in [5.41, 5.74) is 0. The van der Waals surface area contributed by atoms with E-state index in [2.05, 4.69) is 186 Å². The molecule has 0 aromatic heterocycles. The van der Waals surface area contributed by atoms with Gasteiger partial charge in [0.25, 0.3) is 0 Å². The molecule has 0 fully saturated rings. The lowest BCUT2D eigenvalue weighted by Gasteiger charge is -2.21. The number of carbonyl (C=O) groups is 4. The van der Waals surface area contributed by atoms with Gasteiger partial charge in [0, 0.05) is 25.7 Å². The number of phosphoric acid groups is 2. The summed E-state index contributed by atoms with van der Waals surface area (Å²) in [6.45, 7) is 4.39. The summed E-state index contributed by atoms with van der Waals surface area (Å²) in [7, 11) is -10.0. The van der Waals surface area contributed by atoms with Gasteiger partial charge < -0.3 is 33.8 Å². The summed E-state index contributed by atoms with van der Waals surface area (Å²) in [5, 5.41) is 10.6. The maximum Gasteiger partial charge on any atom is 0.472 e. The van der Waals surface area contributed by atoms with Crippen molar-refractivity contribution < 1.29 is 80.2 Å². The number of aliphatic hydroxyl groups excluding tert-OH is 1.